The van der Waals surface area contributed by atoms with Crippen molar-refractivity contribution in [1.82, 2.24) is 4.90 Å². The number of nitrogens with zero attached hydrogens (tertiary/aromatic N) is 1. The van der Waals surface area contributed by atoms with Gasteiger partial charge in [0.25, 0.3) is 0 Å². The molecule has 1 nitrogen and oxygen atoms in total. The third kappa shape index (κ3) is 5.64. The van der Waals surface area contributed by atoms with Crippen LogP contribution in [-0.2, 0) is 13.1 Å². The topological polar surface area (TPSA) is 3.24 Å². The molecule has 0 heterocycles. The average Bonchev–Trinajstić information content (AvgIpc) is 2.49. The lowest BCUT2D eigenvalue weighted by molar-refractivity contribution is 0.290. The summed E-state index contributed by atoms with van der Waals surface area (Å²) in [4.78, 5) is 2.18. The van der Waals surface area contributed by atoms with Crippen molar-refractivity contribution >= 4 is 0 Å². The molecular formula is C19H18FN. The normalized spacial score (nSPS) is 10.0. The summed E-state index contributed by atoms with van der Waals surface area (Å²) in [6.07, 6.45) is 0. The number of hydrogen-bond acceptors (Lipinski definition) is 1. The fourth-order valence-corrected chi connectivity index (χ4v) is 2.10. The van der Waals surface area contributed by atoms with Gasteiger partial charge in [0.15, 0.2) is 5.83 Å². The molecule has 2 rings (SSSR count). The highest BCUT2D eigenvalue weighted by molar-refractivity contribution is 5.21. The van der Waals surface area contributed by atoms with Crippen LogP contribution in [0, 0.1) is 11.8 Å². The monoisotopic (exact) mass is 279 g/mol. The molecule has 21 heavy (non-hydrogen) atoms. The quantitative estimate of drug-likeness (QED) is 0.742. The van der Waals surface area contributed by atoms with E-state index >= 15 is 0 Å². The second-order valence-electron chi connectivity index (χ2n) is 4.82. The van der Waals surface area contributed by atoms with Crippen LogP contribution in [0.2, 0.25) is 0 Å². The first-order chi connectivity index (χ1) is 10.2. The molecule has 0 aliphatic carbocycles. The molecule has 106 valence electrons. The van der Waals surface area contributed by atoms with Crippen LogP contribution >= 0.6 is 0 Å². The smallest absolute Gasteiger partial charge is 0.166 e. The summed E-state index contributed by atoms with van der Waals surface area (Å²) in [5, 5.41) is 0. The number of halogens is 1. The predicted molar refractivity (Wildman–Crippen MR) is 85.0 cm³/mol. The maximum absolute atomic E-state index is 12.6. The van der Waals surface area contributed by atoms with Gasteiger partial charge in [0.1, 0.15) is 0 Å². The van der Waals surface area contributed by atoms with Gasteiger partial charge < -0.3 is 0 Å². The average molecular weight is 279 g/mol. The molecule has 0 aliphatic rings. The molecule has 0 atom stereocenters. The Balaban J connectivity index is 2.07. The lowest BCUT2D eigenvalue weighted by Crippen LogP contribution is -2.23. The van der Waals surface area contributed by atoms with Crippen molar-refractivity contribution in [3.05, 3.63) is 84.2 Å². The SMILES string of the molecule is C=C(F)C#CCN(Cc1ccccc1)Cc1ccccc1. The first-order valence-corrected chi connectivity index (χ1v) is 6.87. The van der Waals surface area contributed by atoms with Gasteiger partial charge in [-0.3, -0.25) is 4.90 Å². The van der Waals surface area contributed by atoms with E-state index < -0.39 is 5.83 Å². The largest absolute Gasteiger partial charge is 0.284 e. The van der Waals surface area contributed by atoms with Crippen molar-refractivity contribution in [2.24, 2.45) is 0 Å². The zero-order valence-electron chi connectivity index (χ0n) is 11.9. The van der Waals surface area contributed by atoms with Crippen LogP contribution in [0.25, 0.3) is 0 Å². The van der Waals surface area contributed by atoms with Crippen LogP contribution in [0.3, 0.4) is 0 Å². The Morgan fingerprint density at radius 3 is 1.81 bits per heavy atom. The van der Waals surface area contributed by atoms with E-state index in [0.717, 1.165) is 13.1 Å². The zero-order chi connectivity index (χ0) is 14.9. The van der Waals surface area contributed by atoms with Crippen molar-refractivity contribution in [1.29, 1.82) is 0 Å². The van der Waals surface area contributed by atoms with Gasteiger partial charge in [0.05, 0.1) is 6.54 Å². The second-order valence-corrected chi connectivity index (χ2v) is 4.82. The molecule has 0 fully saturated rings. The zero-order valence-corrected chi connectivity index (χ0v) is 11.9. The molecular weight excluding hydrogens is 261 g/mol. The molecule has 2 aromatic carbocycles. The molecule has 0 saturated heterocycles. The summed E-state index contributed by atoms with van der Waals surface area (Å²) in [6.45, 7) is 5.23. The van der Waals surface area contributed by atoms with Gasteiger partial charge in [-0.1, -0.05) is 73.2 Å². The van der Waals surface area contributed by atoms with Crippen molar-refractivity contribution in [3.63, 3.8) is 0 Å². The Hall–Kier alpha value is -2.37. The van der Waals surface area contributed by atoms with Crippen LogP contribution in [-0.4, -0.2) is 11.4 Å². The summed E-state index contributed by atoms with van der Waals surface area (Å²) >= 11 is 0. The summed E-state index contributed by atoms with van der Waals surface area (Å²) < 4.78 is 12.6. The summed E-state index contributed by atoms with van der Waals surface area (Å²) in [5.74, 6) is 4.63. The number of rotatable bonds is 5. The van der Waals surface area contributed by atoms with E-state index in [9.17, 15) is 4.39 Å². The van der Waals surface area contributed by atoms with E-state index in [-0.39, 0.29) is 0 Å². The van der Waals surface area contributed by atoms with Gasteiger partial charge in [0, 0.05) is 13.1 Å². The van der Waals surface area contributed by atoms with Crippen molar-refractivity contribution in [2.75, 3.05) is 6.54 Å². The molecule has 0 aromatic heterocycles. The van der Waals surface area contributed by atoms with Gasteiger partial charge >= 0.3 is 0 Å². The minimum Gasteiger partial charge on any atom is -0.284 e. The van der Waals surface area contributed by atoms with E-state index in [1.165, 1.54) is 11.1 Å². The van der Waals surface area contributed by atoms with E-state index in [1.807, 2.05) is 36.4 Å². The Morgan fingerprint density at radius 1 is 0.905 bits per heavy atom. The van der Waals surface area contributed by atoms with Crippen molar-refractivity contribution in [2.45, 2.75) is 13.1 Å². The Kier molecular flexibility index (Phi) is 5.75. The van der Waals surface area contributed by atoms with Gasteiger partial charge in [-0.2, -0.15) is 4.39 Å². The summed E-state index contributed by atoms with van der Waals surface area (Å²) in [5.41, 5.74) is 2.43. The highest BCUT2D eigenvalue weighted by Crippen LogP contribution is 2.09. The van der Waals surface area contributed by atoms with Crippen molar-refractivity contribution < 1.29 is 4.39 Å². The third-order valence-electron chi connectivity index (χ3n) is 3.02. The van der Waals surface area contributed by atoms with Crippen LogP contribution in [0.15, 0.2) is 73.1 Å². The Bertz CT molecular complexity index is 581. The lowest BCUT2D eigenvalue weighted by Gasteiger charge is -2.20. The molecule has 0 amide bonds. The number of allylic oxidation sites excluding steroid dienone is 1. The van der Waals surface area contributed by atoms with Gasteiger partial charge in [-0.05, 0) is 17.0 Å². The van der Waals surface area contributed by atoms with Crippen LogP contribution < -0.4 is 0 Å². The minimum atomic E-state index is -0.589. The second kappa shape index (κ2) is 8.04. The standard InChI is InChI=1S/C19H18FN/c1-17(20)9-8-14-21(15-18-10-4-2-5-11-18)16-19-12-6-3-7-13-19/h2-7,10-13H,1,14-16H2. The molecule has 0 radical (unpaired) electrons. The lowest BCUT2D eigenvalue weighted by atomic mass is 10.1. The van der Waals surface area contributed by atoms with E-state index in [1.54, 1.807) is 0 Å². The van der Waals surface area contributed by atoms with E-state index in [4.69, 9.17) is 0 Å². The highest BCUT2D eigenvalue weighted by atomic mass is 19.1. The van der Waals surface area contributed by atoms with E-state index in [2.05, 4.69) is 47.6 Å². The molecule has 0 aliphatic heterocycles. The minimum absolute atomic E-state index is 0.507. The summed E-state index contributed by atoms with van der Waals surface area (Å²) in [7, 11) is 0. The Labute approximate surface area is 125 Å². The van der Waals surface area contributed by atoms with E-state index in [0.29, 0.717) is 6.54 Å². The third-order valence-corrected chi connectivity index (χ3v) is 3.02. The fourth-order valence-electron chi connectivity index (χ4n) is 2.10. The number of hydrogen-bond donors (Lipinski definition) is 0. The van der Waals surface area contributed by atoms with Crippen LogP contribution in [0.5, 0.6) is 0 Å². The van der Waals surface area contributed by atoms with Crippen molar-refractivity contribution in [3.8, 4) is 11.8 Å². The molecule has 0 unspecified atom stereocenters. The molecule has 0 spiro atoms. The first-order valence-electron chi connectivity index (χ1n) is 6.87. The maximum atomic E-state index is 12.6. The summed E-state index contributed by atoms with van der Waals surface area (Å²) in [6, 6.07) is 20.4. The number of benzene rings is 2. The molecule has 0 N–H and O–H groups in total. The fraction of sp³-hybridized carbons (Fsp3) is 0.158. The van der Waals surface area contributed by atoms with Crippen LogP contribution in [0.4, 0.5) is 4.39 Å². The predicted octanol–water partition coefficient (Wildman–Crippen LogP) is 4.18. The van der Waals surface area contributed by atoms with Gasteiger partial charge in [0.2, 0.25) is 0 Å². The van der Waals surface area contributed by atoms with Crippen LogP contribution in [0.1, 0.15) is 11.1 Å². The molecule has 2 aromatic rings. The maximum Gasteiger partial charge on any atom is 0.166 e. The Morgan fingerprint density at radius 2 is 1.38 bits per heavy atom. The molecule has 2 heteroatoms. The molecule has 0 saturated carbocycles. The first kappa shape index (κ1) is 15.0. The van der Waals surface area contributed by atoms with Gasteiger partial charge in [-0.15, -0.1) is 0 Å². The highest BCUT2D eigenvalue weighted by Gasteiger charge is 2.05. The van der Waals surface area contributed by atoms with Gasteiger partial charge in [-0.25, -0.2) is 0 Å². The molecule has 0 bridgehead atoms.